The molecule has 3 N–H and O–H groups in total. The van der Waals surface area contributed by atoms with Gasteiger partial charge in [-0.05, 0) is 25.2 Å². The third-order valence-electron chi connectivity index (χ3n) is 3.53. The molecule has 1 saturated heterocycles. The number of hydrogen-bond donors (Lipinski definition) is 2. The minimum Gasteiger partial charge on any atom is -0.381 e. The van der Waals surface area contributed by atoms with Gasteiger partial charge in [0.15, 0.2) is 0 Å². The summed E-state index contributed by atoms with van der Waals surface area (Å²) >= 11 is 0. The first-order chi connectivity index (χ1) is 7.91. The predicted molar refractivity (Wildman–Crippen MR) is 75.5 cm³/mol. The molecule has 1 rings (SSSR count). The fraction of sp³-hybridized carbons (Fsp3) is 1.00. The van der Waals surface area contributed by atoms with Crippen molar-refractivity contribution >= 4 is 22.4 Å². The van der Waals surface area contributed by atoms with Crippen LogP contribution in [0.1, 0.15) is 33.1 Å². The highest BCUT2D eigenvalue weighted by Crippen LogP contribution is 2.15. The van der Waals surface area contributed by atoms with Gasteiger partial charge in [-0.2, -0.15) is 0 Å². The first kappa shape index (κ1) is 18.1. The molecule has 0 aromatic rings. The van der Waals surface area contributed by atoms with Crippen LogP contribution in [0.2, 0.25) is 0 Å². The lowest BCUT2D eigenvalue weighted by Gasteiger charge is -2.27. The maximum Gasteiger partial charge on any atom is 0.212 e. The molecule has 1 fully saturated rings. The zero-order chi connectivity index (χ0) is 12.9. The van der Waals surface area contributed by atoms with Gasteiger partial charge in [-0.25, -0.2) is 13.1 Å². The molecule has 1 aliphatic heterocycles. The average Bonchev–Trinajstić information content (AvgIpc) is 2.78. The summed E-state index contributed by atoms with van der Waals surface area (Å²) in [6.07, 6.45) is 2.35. The van der Waals surface area contributed by atoms with Crippen molar-refractivity contribution < 1.29 is 13.2 Å². The van der Waals surface area contributed by atoms with Crippen LogP contribution in [-0.2, 0) is 14.8 Å². The van der Waals surface area contributed by atoms with Gasteiger partial charge in [0.25, 0.3) is 0 Å². The van der Waals surface area contributed by atoms with Crippen LogP contribution in [0.3, 0.4) is 0 Å². The smallest absolute Gasteiger partial charge is 0.212 e. The summed E-state index contributed by atoms with van der Waals surface area (Å²) in [4.78, 5) is 0. The van der Waals surface area contributed by atoms with Crippen molar-refractivity contribution in [2.45, 2.75) is 38.6 Å². The Labute approximate surface area is 116 Å². The summed E-state index contributed by atoms with van der Waals surface area (Å²) in [6.45, 7) is 5.49. The number of ether oxygens (including phenoxy) is 1. The zero-order valence-corrected chi connectivity index (χ0v) is 12.8. The highest BCUT2D eigenvalue weighted by molar-refractivity contribution is 7.89. The van der Waals surface area contributed by atoms with Crippen LogP contribution in [0.25, 0.3) is 0 Å². The highest BCUT2D eigenvalue weighted by atomic mass is 35.5. The molecule has 7 heteroatoms. The standard InChI is InChI=1S/C11H24N2O3S.ClH/c1-3-11(12,4-2)9-13-17(14,15)8-10-5-6-16-7-10;/h10,13H,3-9,12H2,1-2H3;1H. The van der Waals surface area contributed by atoms with Crippen LogP contribution in [0.4, 0.5) is 0 Å². The molecule has 0 amide bonds. The molecular weight excluding hydrogens is 276 g/mol. The van der Waals surface area contributed by atoms with Crippen LogP contribution >= 0.6 is 12.4 Å². The van der Waals surface area contributed by atoms with Crippen molar-refractivity contribution in [3.05, 3.63) is 0 Å². The van der Waals surface area contributed by atoms with Crippen molar-refractivity contribution in [2.75, 3.05) is 25.5 Å². The fourth-order valence-corrected chi connectivity index (χ4v) is 3.35. The first-order valence-electron chi connectivity index (χ1n) is 6.25. The number of nitrogens with one attached hydrogen (secondary N) is 1. The maximum absolute atomic E-state index is 11.8. The summed E-state index contributed by atoms with van der Waals surface area (Å²) in [5, 5.41) is 0. The van der Waals surface area contributed by atoms with E-state index in [0.29, 0.717) is 19.8 Å². The summed E-state index contributed by atoms with van der Waals surface area (Å²) in [6, 6.07) is 0. The predicted octanol–water partition coefficient (Wildman–Crippen LogP) is 0.882. The van der Waals surface area contributed by atoms with E-state index >= 15 is 0 Å². The third kappa shape index (κ3) is 5.84. The van der Waals surface area contributed by atoms with Gasteiger partial charge >= 0.3 is 0 Å². The molecule has 110 valence electrons. The van der Waals surface area contributed by atoms with Crippen LogP contribution < -0.4 is 10.5 Å². The Morgan fingerprint density at radius 1 is 1.39 bits per heavy atom. The van der Waals surface area contributed by atoms with E-state index in [0.717, 1.165) is 19.3 Å². The van der Waals surface area contributed by atoms with Crippen molar-refractivity contribution in [3.8, 4) is 0 Å². The normalized spacial score (nSPS) is 20.7. The fourth-order valence-electron chi connectivity index (χ4n) is 1.84. The van der Waals surface area contributed by atoms with E-state index < -0.39 is 15.6 Å². The maximum atomic E-state index is 11.8. The lowest BCUT2D eigenvalue weighted by molar-refractivity contribution is 0.188. The SMILES string of the molecule is CCC(N)(CC)CNS(=O)(=O)CC1CCOC1.Cl. The Hall–Kier alpha value is 0.120. The minimum absolute atomic E-state index is 0. The lowest BCUT2D eigenvalue weighted by atomic mass is 9.95. The molecule has 5 nitrogen and oxygen atoms in total. The van der Waals surface area contributed by atoms with Crippen LogP contribution in [-0.4, -0.2) is 39.5 Å². The zero-order valence-electron chi connectivity index (χ0n) is 11.1. The molecule has 0 spiro atoms. The first-order valence-corrected chi connectivity index (χ1v) is 7.90. The molecule has 0 aromatic heterocycles. The van der Waals surface area contributed by atoms with Crippen molar-refractivity contribution in [1.82, 2.24) is 4.72 Å². The molecular formula is C11H25ClN2O3S. The monoisotopic (exact) mass is 300 g/mol. The summed E-state index contributed by atoms with van der Waals surface area (Å²) in [5.74, 6) is 0.277. The molecule has 0 aromatic carbocycles. The number of rotatable bonds is 7. The van der Waals surface area contributed by atoms with Crippen LogP contribution in [0.15, 0.2) is 0 Å². The van der Waals surface area contributed by atoms with E-state index in [9.17, 15) is 8.42 Å². The van der Waals surface area contributed by atoms with Gasteiger partial charge in [-0.3, -0.25) is 0 Å². The van der Waals surface area contributed by atoms with Crippen molar-refractivity contribution in [2.24, 2.45) is 11.7 Å². The highest BCUT2D eigenvalue weighted by Gasteiger charge is 2.26. The topological polar surface area (TPSA) is 81.4 Å². The Kier molecular flexibility index (Phi) is 7.70. The lowest BCUT2D eigenvalue weighted by Crippen LogP contribution is -2.49. The average molecular weight is 301 g/mol. The van der Waals surface area contributed by atoms with E-state index in [-0.39, 0.29) is 24.1 Å². The van der Waals surface area contributed by atoms with Gasteiger partial charge < -0.3 is 10.5 Å². The van der Waals surface area contributed by atoms with Gasteiger partial charge in [-0.15, -0.1) is 12.4 Å². The molecule has 0 aliphatic carbocycles. The largest absolute Gasteiger partial charge is 0.381 e. The number of hydrogen-bond acceptors (Lipinski definition) is 4. The number of nitrogens with two attached hydrogens (primary N) is 1. The Morgan fingerprint density at radius 3 is 2.44 bits per heavy atom. The van der Waals surface area contributed by atoms with Gasteiger partial charge in [0.1, 0.15) is 0 Å². The van der Waals surface area contributed by atoms with Gasteiger partial charge in [-0.1, -0.05) is 13.8 Å². The number of sulfonamides is 1. The Morgan fingerprint density at radius 2 is 2.00 bits per heavy atom. The molecule has 0 radical (unpaired) electrons. The van der Waals surface area contributed by atoms with Gasteiger partial charge in [0.2, 0.25) is 10.0 Å². The summed E-state index contributed by atoms with van der Waals surface area (Å²) < 4.78 is 31.5. The molecule has 1 heterocycles. The second kappa shape index (κ2) is 7.65. The molecule has 1 unspecified atom stereocenters. The van der Waals surface area contributed by atoms with Gasteiger partial charge in [0, 0.05) is 18.7 Å². The quantitative estimate of drug-likeness (QED) is 0.731. The minimum atomic E-state index is -3.23. The Bertz CT molecular complexity index is 325. The van der Waals surface area contributed by atoms with Crippen LogP contribution in [0.5, 0.6) is 0 Å². The molecule has 18 heavy (non-hydrogen) atoms. The van der Waals surface area contributed by atoms with E-state index in [1.54, 1.807) is 0 Å². The van der Waals surface area contributed by atoms with Crippen LogP contribution in [0, 0.1) is 5.92 Å². The van der Waals surface area contributed by atoms with Crippen molar-refractivity contribution in [1.29, 1.82) is 0 Å². The molecule has 1 atom stereocenters. The molecule has 1 aliphatic rings. The van der Waals surface area contributed by atoms with E-state index in [2.05, 4.69) is 4.72 Å². The van der Waals surface area contributed by atoms with Crippen molar-refractivity contribution in [3.63, 3.8) is 0 Å². The summed E-state index contributed by atoms with van der Waals surface area (Å²) in [5.41, 5.74) is 5.63. The second-order valence-electron chi connectivity index (χ2n) is 4.90. The van der Waals surface area contributed by atoms with Gasteiger partial charge in [0.05, 0.1) is 12.4 Å². The van der Waals surface area contributed by atoms with E-state index in [1.807, 2.05) is 13.8 Å². The Balaban J connectivity index is 0.00000289. The van der Waals surface area contributed by atoms with E-state index in [4.69, 9.17) is 10.5 Å². The number of halogens is 1. The molecule has 0 saturated carbocycles. The molecule has 0 bridgehead atoms. The third-order valence-corrected chi connectivity index (χ3v) is 5.03. The summed E-state index contributed by atoms with van der Waals surface area (Å²) in [7, 11) is -3.23. The second-order valence-corrected chi connectivity index (χ2v) is 6.75. The van der Waals surface area contributed by atoms with E-state index in [1.165, 1.54) is 0 Å².